The zero-order valence-electron chi connectivity index (χ0n) is 25.6. The maximum atomic E-state index is 12.4. The Hall–Kier alpha value is -6.19. The molecule has 0 aliphatic rings. The summed E-state index contributed by atoms with van der Waals surface area (Å²) in [4.78, 5) is 21.1. The Bertz CT molecular complexity index is 2160. The predicted octanol–water partition coefficient (Wildman–Crippen LogP) is 7.72. The summed E-state index contributed by atoms with van der Waals surface area (Å²) in [5.41, 5.74) is 3.41. The number of hydrogen-bond donors (Lipinski definition) is 0. The highest BCUT2D eigenvalue weighted by molar-refractivity contribution is 7.20. The second-order valence-corrected chi connectivity index (χ2v) is 11.9. The van der Waals surface area contributed by atoms with Crippen molar-refractivity contribution in [1.29, 1.82) is 0 Å². The Labute approximate surface area is 280 Å². The molecule has 236 valence electrons. The third-order valence-electron chi connectivity index (χ3n) is 7.55. The van der Waals surface area contributed by atoms with E-state index in [-0.39, 0.29) is 5.57 Å². The van der Waals surface area contributed by atoms with E-state index in [0.29, 0.717) is 46.7 Å². The molecule has 7 rings (SSSR count). The van der Waals surface area contributed by atoms with Gasteiger partial charge in [0.25, 0.3) is 0 Å². The molecular formula is C39H28N3O5S-. The van der Waals surface area contributed by atoms with Crippen LogP contribution in [0.15, 0.2) is 140 Å². The van der Waals surface area contributed by atoms with E-state index in [2.05, 4.69) is 9.97 Å². The Kier molecular flexibility index (Phi) is 8.93. The van der Waals surface area contributed by atoms with Crippen molar-refractivity contribution < 1.29 is 24.1 Å². The van der Waals surface area contributed by atoms with E-state index in [9.17, 15) is 9.90 Å². The fourth-order valence-corrected chi connectivity index (χ4v) is 6.22. The highest BCUT2D eigenvalue weighted by Gasteiger charge is 2.20. The average molecular weight is 651 g/mol. The van der Waals surface area contributed by atoms with Crippen LogP contribution < -0.4 is 19.3 Å². The smallest absolute Gasteiger partial charge is 0.163 e. The minimum absolute atomic E-state index is 0.00497. The minimum atomic E-state index is -1.31. The number of carboxylic acid groups (broad SMARTS) is 1. The van der Waals surface area contributed by atoms with Gasteiger partial charge in [-0.05, 0) is 65.2 Å². The molecule has 0 saturated carbocycles. The molecule has 8 nitrogen and oxygen atoms in total. The number of aliphatic carboxylic acids is 1. The summed E-state index contributed by atoms with van der Waals surface area (Å²) in [5.74, 6) is 0.837. The first-order valence-corrected chi connectivity index (χ1v) is 16.0. The van der Waals surface area contributed by atoms with Gasteiger partial charge in [0, 0.05) is 52.2 Å². The number of carboxylic acids is 1. The van der Waals surface area contributed by atoms with Crippen LogP contribution in [0.2, 0.25) is 0 Å². The number of fused-ring (bicyclic) bond motifs is 1. The number of carbonyl (C=O) groups is 1. The van der Waals surface area contributed by atoms with Gasteiger partial charge in [-0.2, -0.15) is 0 Å². The van der Waals surface area contributed by atoms with Crippen LogP contribution in [-0.2, 0) is 18.0 Å². The number of ether oxygens (including phenoxy) is 3. The lowest BCUT2D eigenvalue weighted by Gasteiger charge is -2.14. The number of thiophene rings is 1. The summed E-state index contributed by atoms with van der Waals surface area (Å²) in [6.45, 7) is 0.670. The SMILES string of the molecule is O=C([O-])/C(=C/c1sc2cc(OCc3ccccc3)c(OCc3ccccc3)cc2c1Oc1ccc(-n2ccnc2)cc1)c1ccncc1. The third kappa shape index (κ3) is 6.96. The van der Waals surface area contributed by atoms with E-state index in [0.717, 1.165) is 26.9 Å². The maximum Gasteiger partial charge on any atom is 0.163 e. The lowest BCUT2D eigenvalue weighted by Crippen LogP contribution is -2.23. The molecule has 3 heterocycles. The van der Waals surface area contributed by atoms with Gasteiger partial charge in [0.2, 0.25) is 0 Å². The summed E-state index contributed by atoms with van der Waals surface area (Å²) in [5, 5.41) is 13.1. The van der Waals surface area contributed by atoms with Crippen molar-refractivity contribution in [2.75, 3.05) is 0 Å². The Balaban J connectivity index is 1.33. The third-order valence-corrected chi connectivity index (χ3v) is 8.64. The molecule has 48 heavy (non-hydrogen) atoms. The number of nitrogens with zero attached hydrogens (tertiary/aromatic N) is 3. The minimum Gasteiger partial charge on any atom is -0.545 e. The zero-order valence-corrected chi connectivity index (χ0v) is 26.4. The molecule has 0 N–H and O–H groups in total. The lowest BCUT2D eigenvalue weighted by atomic mass is 10.1. The topological polar surface area (TPSA) is 98.5 Å². The van der Waals surface area contributed by atoms with Gasteiger partial charge in [-0.15, -0.1) is 11.3 Å². The lowest BCUT2D eigenvalue weighted by molar-refractivity contribution is -0.295. The quantitative estimate of drug-likeness (QED) is 0.125. The van der Waals surface area contributed by atoms with E-state index in [4.69, 9.17) is 14.2 Å². The van der Waals surface area contributed by atoms with Crippen LogP contribution in [0, 0.1) is 0 Å². The van der Waals surface area contributed by atoms with Gasteiger partial charge >= 0.3 is 0 Å². The standard InChI is InChI=1S/C39H29N3O5S/c43-39(44)32(29-15-17-40-18-16-29)22-37-38(47-31-13-11-30(12-14-31)42-20-19-41-26-42)33-21-34(45-24-27-7-3-1-4-8-27)35(23-36(33)48-37)46-25-28-9-5-2-6-10-28/h1-23,26H,24-25H2,(H,43,44)/p-1/b32-22+. The summed E-state index contributed by atoms with van der Waals surface area (Å²) in [6, 6.07) is 34.4. The van der Waals surface area contributed by atoms with Crippen molar-refractivity contribution in [1.82, 2.24) is 14.5 Å². The van der Waals surface area contributed by atoms with E-state index in [1.54, 1.807) is 43.1 Å². The molecule has 4 aromatic carbocycles. The Morgan fingerprint density at radius 2 is 1.42 bits per heavy atom. The van der Waals surface area contributed by atoms with Crippen molar-refractivity contribution in [3.63, 3.8) is 0 Å². The molecular weight excluding hydrogens is 623 g/mol. The van der Waals surface area contributed by atoms with Gasteiger partial charge in [-0.1, -0.05) is 60.7 Å². The van der Waals surface area contributed by atoms with Gasteiger partial charge in [0.05, 0.1) is 17.2 Å². The second-order valence-electron chi connectivity index (χ2n) is 10.8. The first kappa shape index (κ1) is 30.5. The molecule has 0 fully saturated rings. The number of carbonyl (C=O) groups excluding carboxylic acids is 1. The largest absolute Gasteiger partial charge is 0.545 e. The Morgan fingerprint density at radius 3 is 2.02 bits per heavy atom. The van der Waals surface area contributed by atoms with Crippen LogP contribution >= 0.6 is 11.3 Å². The van der Waals surface area contributed by atoms with Crippen LogP contribution in [0.3, 0.4) is 0 Å². The molecule has 3 aromatic heterocycles. The summed E-state index contributed by atoms with van der Waals surface area (Å²) >= 11 is 1.39. The molecule has 0 saturated heterocycles. The normalized spacial score (nSPS) is 11.4. The monoisotopic (exact) mass is 650 g/mol. The molecule has 0 unspecified atom stereocenters. The van der Waals surface area contributed by atoms with Gasteiger partial charge in [-0.3, -0.25) is 4.98 Å². The van der Waals surface area contributed by atoms with Crippen LogP contribution in [0.25, 0.3) is 27.4 Å². The number of imidazole rings is 1. The van der Waals surface area contributed by atoms with Crippen molar-refractivity contribution >= 4 is 39.0 Å². The molecule has 0 amide bonds. The van der Waals surface area contributed by atoms with E-state index >= 15 is 0 Å². The first-order chi connectivity index (χ1) is 23.6. The molecule has 0 aliphatic carbocycles. The van der Waals surface area contributed by atoms with Crippen LogP contribution in [0.4, 0.5) is 0 Å². The van der Waals surface area contributed by atoms with Crippen LogP contribution in [-0.4, -0.2) is 20.5 Å². The van der Waals surface area contributed by atoms with Gasteiger partial charge in [0.15, 0.2) is 17.2 Å². The molecule has 0 bridgehead atoms. The van der Waals surface area contributed by atoms with Crippen molar-refractivity contribution in [3.8, 4) is 28.7 Å². The van der Waals surface area contributed by atoms with Crippen molar-refractivity contribution in [2.24, 2.45) is 0 Å². The fraction of sp³-hybridized carbons (Fsp3) is 0.0513. The first-order valence-electron chi connectivity index (χ1n) is 15.1. The maximum absolute atomic E-state index is 12.4. The highest BCUT2D eigenvalue weighted by atomic mass is 32.1. The highest BCUT2D eigenvalue weighted by Crippen LogP contribution is 2.47. The molecule has 0 spiro atoms. The molecule has 9 heteroatoms. The zero-order chi connectivity index (χ0) is 32.7. The van der Waals surface area contributed by atoms with E-state index in [1.165, 1.54) is 11.3 Å². The van der Waals surface area contributed by atoms with E-state index < -0.39 is 5.97 Å². The van der Waals surface area contributed by atoms with E-state index in [1.807, 2.05) is 108 Å². The van der Waals surface area contributed by atoms with Gasteiger partial charge in [-0.25, -0.2) is 4.98 Å². The fourth-order valence-electron chi connectivity index (χ4n) is 5.14. The number of aromatic nitrogens is 3. The van der Waals surface area contributed by atoms with Gasteiger partial charge < -0.3 is 28.7 Å². The Morgan fingerprint density at radius 1 is 0.771 bits per heavy atom. The molecule has 0 radical (unpaired) electrons. The number of benzene rings is 4. The predicted molar refractivity (Wildman–Crippen MR) is 184 cm³/mol. The van der Waals surface area contributed by atoms with Crippen LogP contribution in [0.5, 0.6) is 23.0 Å². The van der Waals surface area contributed by atoms with Crippen molar-refractivity contribution in [3.05, 3.63) is 162 Å². The molecule has 0 atom stereocenters. The van der Waals surface area contributed by atoms with Crippen molar-refractivity contribution in [2.45, 2.75) is 13.2 Å². The van der Waals surface area contributed by atoms with Crippen LogP contribution in [0.1, 0.15) is 21.6 Å². The summed E-state index contributed by atoms with van der Waals surface area (Å²) in [7, 11) is 0. The summed E-state index contributed by atoms with van der Waals surface area (Å²) in [6.07, 6.45) is 9.97. The molecule has 0 aliphatic heterocycles. The van der Waals surface area contributed by atoms with Gasteiger partial charge in [0.1, 0.15) is 19.0 Å². The summed E-state index contributed by atoms with van der Waals surface area (Å²) < 4.78 is 22.0. The number of rotatable bonds is 12. The number of pyridine rings is 1. The number of hydrogen-bond acceptors (Lipinski definition) is 8. The second kappa shape index (κ2) is 14.1. The molecule has 7 aromatic rings. The average Bonchev–Trinajstić information content (AvgIpc) is 3.78.